The topological polar surface area (TPSA) is 42.1 Å². The summed E-state index contributed by atoms with van der Waals surface area (Å²) in [5, 5.41) is 1.14. The first-order chi connectivity index (χ1) is 8.74. The predicted octanol–water partition coefficient (Wildman–Crippen LogP) is 3.52. The third-order valence-corrected chi connectivity index (χ3v) is 2.80. The molecule has 0 amide bonds. The molecule has 0 aliphatic carbocycles. The van der Waals surface area contributed by atoms with Gasteiger partial charge in [0.1, 0.15) is 0 Å². The number of fused-ring (bicyclic) bond motifs is 1. The summed E-state index contributed by atoms with van der Waals surface area (Å²) in [4.78, 5) is 15.0. The maximum atomic E-state index is 11.7. The van der Waals surface area contributed by atoms with Crippen molar-refractivity contribution in [2.24, 2.45) is 0 Å². The highest BCUT2D eigenvalue weighted by molar-refractivity contribution is 5.94. The van der Waals surface area contributed by atoms with Gasteiger partial charge in [0.2, 0.25) is 0 Å². The second-order valence-corrected chi connectivity index (χ2v) is 4.06. The average molecular weight is 243 g/mol. The Morgan fingerprint density at radius 2 is 2.11 bits per heavy atom. The Labute approximate surface area is 106 Å². The van der Waals surface area contributed by atoms with E-state index in [0.29, 0.717) is 18.6 Å². The highest BCUT2D eigenvalue weighted by Gasteiger charge is 2.08. The minimum atomic E-state index is -0.237. The predicted molar refractivity (Wildman–Crippen MR) is 73.2 cm³/mol. The van der Waals surface area contributed by atoms with Crippen LogP contribution in [0.1, 0.15) is 26.0 Å². The van der Waals surface area contributed by atoms with E-state index >= 15 is 0 Å². The lowest BCUT2D eigenvalue weighted by atomic mass is 10.1. The van der Waals surface area contributed by atoms with E-state index in [2.05, 4.69) is 4.98 Å². The average Bonchev–Trinajstić information content (AvgIpc) is 2.78. The molecule has 3 nitrogen and oxygen atoms in total. The molecule has 0 saturated carbocycles. The first-order valence-electron chi connectivity index (χ1n) is 6.20. The summed E-state index contributed by atoms with van der Waals surface area (Å²) in [7, 11) is 0. The Morgan fingerprint density at radius 1 is 1.33 bits per heavy atom. The van der Waals surface area contributed by atoms with E-state index in [1.54, 1.807) is 0 Å². The summed E-state index contributed by atoms with van der Waals surface area (Å²) in [6, 6.07) is 10.1. The number of benzene rings is 1. The molecular formula is C15H17NO2. The van der Waals surface area contributed by atoms with Gasteiger partial charge in [0.25, 0.3) is 0 Å². The van der Waals surface area contributed by atoms with Gasteiger partial charge in [-0.25, -0.2) is 4.79 Å². The quantitative estimate of drug-likeness (QED) is 0.659. The van der Waals surface area contributed by atoms with Gasteiger partial charge < -0.3 is 9.72 Å². The molecule has 0 radical (unpaired) electrons. The van der Waals surface area contributed by atoms with E-state index in [1.807, 2.05) is 50.3 Å². The zero-order valence-electron chi connectivity index (χ0n) is 10.7. The molecule has 1 aromatic carbocycles. The fourth-order valence-corrected chi connectivity index (χ4v) is 1.89. The number of esters is 1. The molecule has 0 spiro atoms. The van der Waals surface area contributed by atoms with Crippen LogP contribution < -0.4 is 0 Å². The van der Waals surface area contributed by atoms with Gasteiger partial charge in [-0.15, -0.1) is 0 Å². The molecule has 1 heterocycles. The third-order valence-electron chi connectivity index (χ3n) is 2.80. The lowest BCUT2D eigenvalue weighted by molar-refractivity contribution is -0.138. The lowest BCUT2D eigenvalue weighted by Gasteiger charge is -2.03. The molecule has 0 saturated heterocycles. The molecular weight excluding hydrogens is 226 g/mol. The molecule has 2 aromatic rings. The second kappa shape index (κ2) is 5.54. The van der Waals surface area contributed by atoms with E-state index in [9.17, 15) is 4.79 Å². The maximum Gasteiger partial charge on any atom is 0.334 e. The van der Waals surface area contributed by atoms with Crippen molar-refractivity contribution in [1.82, 2.24) is 4.98 Å². The smallest absolute Gasteiger partial charge is 0.334 e. The molecule has 0 bridgehead atoms. The van der Waals surface area contributed by atoms with Crippen LogP contribution in [0.4, 0.5) is 0 Å². The fraction of sp³-hybridized carbons (Fsp3) is 0.267. The van der Waals surface area contributed by atoms with E-state index in [1.165, 1.54) is 0 Å². The van der Waals surface area contributed by atoms with E-state index in [4.69, 9.17) is 4.74 Å². The van der Waals surface area contributed by atoms with Gasteiger partial charge in [0, 0.05) is 16.8 Å². The highest BCUT2D eigenvalue weighted by atomic mass is 16.5. The molecule has 0 aliphatic heterocycles. The standard InChI is InChI=1S/C15H17NO2/c1-3-11(15(17)18-4-2)9-13-10-12-7-5-6-8-14(12)16-13/h5-10,16H,3-4H2,1-2H3/b11-9+. The van der Waals surface area contributed by atoms with Crippen LogP contribution in [0, 0.1) is 0 Å². The Bertz CT molecular complexity index is 548. The van der Waals surface area contributed by atoms with Gasteiger partial charge >= 0.3 is 5.97 Å². The van der Waals surface area contributed by atoms with Crippen LogP contribution in [0.25, 0.3) is 17.0 Å². The van der Waals surface area contributed by atoms with Crippen molar-refractivity contribution in [3.63, 3.8) is 0 Å². The van der Waals surface area contributed by atoms with Crippen molar-refractivity contribution >= 4 is 22.9 Å². The molecule has 18 heavy (non-hydrogen) atoms. The van der Waals surface area contributed by atoms with Gasteiger partial charge in [-0.2, -0.15) is 0 Å². The molecule has 0 fully saturated rings. The van der Waals surface area contributed by atoms with Crippen LogP contribution in [0.15, 0.2) is 35.9 Å². The molecule has 2 rings (SSSR count). The largest absolute Gasteiger partial charge is 0.463 e. The van der Waals surface area contributed by atoms with Gasteiger partial charge in [-0.1, -0.05) is 25.1 Å². The molecule has 1 aromatic heterocycles. The van der Waals surface area contributed by atoms with E-state index in [0.717, 1.165) is 16.6 Å². The number of aromatic amines is 1. The van der Waals surface area contributed by atoms with Crippen LogP contribution in [-0.4, -0.2) is 17.6 Å². The fourth-order valence-electron chi connectivity index (χ4n) is 1.89. The van der Waals surface area contributed by atoms with Crippen molar-refractivity contribution in [3.8, 4) is 0 Å². The van der Waals surface area contributed by atoms with Crippen LogP contribution in [0.5, 0.6) is 0 Å². The van der Waals surface area contributed by atoms with E-state index < -0.39 is 0 Å². The second-order valence-electron chi connectivity index (χ2n) is 4.06. The zero-order valence-corrected chi connectivity index (χ0v) is 10.7. The van der Waals surface area contributed by atoms with Crippen molar-refractivity contribution in [1.29, 1.82) is 0 Å². The van der Waals surface area contributed by atoms with Gasteiger partial charge in [-0.3, -0.25) is 0 Å². The zero-order chi connectivity index (χ0) is 13.0. The monoisotopic (exact) mass is 243 g/mol. The van der Waals surface area contributed by atoms with Crippen molar-refractivity contribution < 1.29 is 9.53 Å². The number of nitrogens with one attached hydrogen (secondary N) is 1. The third kappa shape index (κ3) is 2.62. The van der Waals surface area contributed by atoms with Gasteiger partial charge in [-0.05, 0) is 36.9 Å². The lowest BCUT2D eigenvalue weighted by Crippen LogP contribution is -2.06. The van der Waals surface area contributed by atoms with Crippen LogP contribution in [0.3, 0.4) is 0 Å². The summed E-state index contributed by atoms with van der Waals surface area (Å²) in [5.74, 6) is -0.237. The van der Waals surface area contributed by atoms with Crippen LogP contribution >= 0.6 is 0 Å². The molecule has 0 atom stereocenters. The number of carbonyl (C=O) groups is 1. The summed E-state index contributed by atoms with van der Waals surface area (Å²) < 4.78 is 5.02. The molecule has 0 aliphatic rings. The summed E-state index contributed by atoms with van der Waals surface area (Å²) in [6.45, 7) is 4.17. The summed E-state index contributed by atoms with van der Waals surface area (Å²) in [5.41, 5.74) is 2.69. The normalized spacial score (nSPS) is 11.8. The van der Waals surface area contributed by atoms with Gasteiger partial charge in [0.05, 0.1) is 6.61 Å². The number of rotatable bonds is 4. The SMILES string of the molecule is CCOC(=O)/C(=C/c1cc2ccccc2[nH]1)CC. The Kier molecular flexibility index (Phi) is 3.82. The van der Waals surface area contributed by atoms with Gasteiger partial charge in [0.15, 0.2) is 0 Å². The summed E-state index contributed by atoms with van der Waals surface area (Å²) >= 11 is 0. The highest BCUT2D eigenvalue weighted by Crippen LogP contribution is 2.18. The number of aromatic nitrogens is 1. The van der Waals surface area contributed by atoms with Crippen molar-refractivity contribution in [2.75, 3.05) is 6.61 Å². The van der Waals surface area contributed by atoms with Crippen molar-refractivity contribution in [2.45, 2.75) is 20.3 Å². The number of para-hydroxylation sites is 1. The molecule has 3 heteroatoms. The minimum absolute atomic E-state index is 0.237. The minimum Gasteiger partial charge on any atom is -0.463 e. The van der Waals surface area contributed by atoms with Crippen LogP contribution in [-0.2, 0) is 9.53 Å². The van der Waals surface area contributed by atoms with Crippen molar-refractivity contribution in [3.05, 3.63) is 41.6 Å². The first kappa shape index (κ1) is 12.4. The van der Waals surface area contributed by atoms with Crippen LogP contribution in [0.2, 0.25) is 0 Å². The number of H-pyrrole nitrogens is 1. The Hall–Kier alpha value is -2.03. The molecule has 0 unspecified atom stereocenters. The number of hydrogen-bond donors (Lipinski definition) is 1. The Balaban J connectivity index is 2.32. The maximum absolute atomic E-state index is 11.7. The molecule has 94 valence electrons. The number of ether oxygens (including phenoxy) is 1. The number of hydrogen-bond acceptors (Lipinski definition) is 2. The van der Waals surface area contributed by atoms with E-state index in [-0.39, 0.29) is 5.97 Å². The first-order valence-corrected chi connectivity index (χ1v) is 6.20. The molecule has 1 N–H and O–H groups in total. The number of carbonyl (C=O) groups excluding carboxylic acids is 1. The summed E-state index contributed by atoms with van der Waals surface area (Å²) in [6.07, 6.45) is 2.52. The Morgan fingerprint density at radius 3 is 2.78 bits per heavy atom.